The van der Waals surface area contributed by atoms with Crippen LogP contribution in [-0.2, 0) is 10.0 Å². The molecule has 0 spiro atoms. The zero-order valence-electron chi connectivity index (χ0n) is 16.9. The van der Waals surface area contributed by atoms with E-state index in [4.69, 9.17) is 9.47 Å². The van der Waals surface area contributed by atoms with Gasteiger partial charge in [-0.2, -0.15) is 4.31 Å². The Morgan fingerprint density at radius 1 is 1.10 bits per heavy atom. The van der Waals surface area contributed by atoms with Crippen molar-refractivity contribution in [2.24, 2.45) is 0 Å². The fraction of sp³-hybridized carbons (Fsp3) is 0.381. The van der Waals surface area contributed by atoms with Crippen molar-refractivity contribution in [3.05, 3.63) is 47.5 Å². The number of rotatable bonds is 7. The average molecular weight is 419 g/mol. The number of anilines is 1. The number of nitrogens with one attached hydrogen (secondary N) is 1. The van der Waals surface area contributed by atoms with E-state index in [9.17, 15) is 13.2 Å². The van der Waals surface area contributed by atoms with Gasteiger partial charge in [0.05, 0.1) is 24.3 Å². The van der Waals surface area contributed by atoms with Gasteiger partial charge in [0.1, 0.15) is 11.5 Å². The Morgan fingerprint density at radius 3 is 2.41 bits per heavy atom. The quantitative estimate of drug-likeness (QED) is 0.745. The van der Waals surface area contributed by atoms with Crippen molar-refractivity contribution in [2.45, 2.75) is 31.6 Å². The maximum Gasteiger partial charge on any atom is 0.255 e. The van der Waals surface area contributed by atoms with Gasteiger partial charge >= 0.3 is 0 Å². The van der Waals surface area contributed by atoms with Crippen molar-refractivity contribution in [3.63, 3.8) is 0 Å². The van der Waals surface area contributed by atoms with Crippen LogP contribution < -0.4 is 14.8 Å². The molecule has 8 heteroatoms. The Labute approximate surface area is 171 Å². The number of hydrogen-bond donors (Lipinski definition) is 1. The van der Waals surface area contributed by atoms with Crippen molar-refractivity contribution in [3.8, 4) is 11.5 Å². The molecule has 1 aliphatic rings. The second kappa shape index (κ2) is 8.84. The zero-order chi connectivity index (χ0) is 21.0. The van der Waals surface area contributed by atoms with Gasteiger partial charge in [-0.3, -0.25) is 4.79 Å². The summed E-state index contributed by atoms with van der Waals surface area (Å²) in [5.74, 6) is 0.756. The van der Waals surface area contributed by atoms with Crippen LogP contribution in [-0.4, -0.2) is 45.4 Å². The number of aryl methyl sites for hydroxylation is 1. The molecule has 0 radical (unpaired) electrons. The molecule has 1 N–H and O–H groups in total. The molecule has 2 aromatic carbocycles. The second-order valence-corrected chi connectivity index (χ2v) is 8.78. The Morgan fingerprint density at radius 2 is 1.79 bits per heavy atom. The zero-order valence-corrected chi connectivity index (χ0v) is 17.7. The van der Waals surface area contributed by atoms with Crippen LogP contribution >= 0.6 is 0 Å². The van der Waals surface area contributed by atoms with Gasteiger partial charge in [-0.1, -0.05) is 0 Å². The van der Waals surface area contributed by atoms with Crippen LogP contribution in [0.2, 0.25) is 0 Å². The third-order valence-corrected chi connectivity index (χ3v) is 6.75. The standard InChI is InChI=1S/C21H26N2O5S/c1-4-28-19-9-7-16(13-15(19)2)21(24)22-18-14-17(8-10-20(18)27-3)29(25,26)23-11-5-6-12-23/h7-10,13-14H,4-6,11-12H2,1-3H3,(H,22,24). The molecule has 1 aliphatic heterocycles. The molecule has 1 amide bonds. The maximum atomic E-state index is 12.8. The van der Waals surface area contributed by atoms with Gasteiger partial charge in [0.2, 0.25) is 10.0 Å². The number of carbonyl (C=O) groups is 1. The summed E-state index contributed by atoms with van der Waals surface area (Å²) >= 11 is 0. The predicted octanol–water partition coefficient (Wildman–Crippen LogP) is 3.44. The fourth-order valence-corrected chi connectivity index (χ4v) is 4.87. The van der Waals surface area contributed by atoms with Gasteiger partial charge in [0.25, 0.3) is 5.91 Å². The van der Waals surface area contributed by atoms with Gasteiger partial charge in [-0.05, 0) is 68.7 Å². The molecule has 1 fully saturated rings. The van der Waals surface area contributed by atoms with E-state index in [2.05, 4.69) is 5.32 Å². The first-order valence-electron chi connectivity index (χ1n) is 9.59. The summed E-state index contributed by atoms with van der Waals surface area (Å²) in [6.45, 7) is 5.34. The molecule has 1 saturated heterocycles. The lowest BCUT2D eigenvalue weighted by molar-refractivity contribution is 0.102. The third-order valence-electron chi connectivity index (χ3n) is 4.86. The summed E-state index contributed by atoms with van der Waals surface area (Å²) in [6.07, 6.45) is 1.71. The molecule has 0 aromatic heterocycles. The van der Waals surface area contributed by atoms with Crippen LogP contribution in [0.15, 0.2) is 41.3 Å². The molecule has 0 saturated carbocycles. The highest BCUT2D eigenvalue weighted by atomic mass is 32.2. The van der Waals surface area contributed by atoms with Crippen LogP contribution in [0.1, 0.15) is 35.7 Å². The number of ether oxygens (including phenoxy) is 2. The second-order valence-electron chi connectivity index (χ2n) is 6.84. The smallest absolute Gasteiger partial charge is 0.255 e. The van der Waals surface area contributed by atoms with Crippen molar-refractivity contribution >= 4 is 21.6 Å². The van der Waals surface area contributed by atoms with Gasteiger partial charge < -0.3 is 14.8 Å². The van der Waals surface area contributed by atoms with Gasteiger partial charge in [-0.15, -0.1) is 0 Å². The summed E-state index contributed by atoms with van der Waals surface area (Å²) in [5, 5.41) is 2.77. The summed E-state index contributed by atoms with van der Waals surface area (Å²) in [7, 11) is -2.12. The normalized spacial score (nSPS) is 14.6. The average Bonchev–Trinajstić information content (AvgIpc) is 3.25. The number of methoxy groups -OCH3 is 1. The van der Waals surface area contributed by atoms with E-state index in [1.165, 1.54) is 23.5 Å². The molecular weight excluding hydrogens is 392 g/mol. The molecule has 156 valence electrons. The SMILES string of the molecule is CCOc1ccc(C(=O)Nc2cc(S(=O)(=O)N3CCCC3)ccc2OC)cc1C. The van der Waals surface area contributed by atoms with Gasteiger partial charge in [0, 0.05) is 18.7 Å². The molecular formula is C21H26N2O5S. The van der Waals surface area contributed by atoms with E-state index < -0.39 is 10.0 Å². The molecule has 0 bridgehead atoms. The molecule has 3 rings (SSSR count). The molecule has 2 aromatic rings. The largest absolute Gasteiger partial charge is 0.495 e. The predicted molar refractivity (Wildman–Crippen MR) is 111 cm³/mol. The summed E-state index contributed by atoms with van der Waals surface area (Å²) in [5.41, 5.74) is 1.60. The minimum absolute atomic E-state index is 0.137. The van der Waals surface area contributed by atoms with Crippen LogP contribution in [0, 0.1) is 6.92 Å². The highest BCUT2D eigenvalue weighted by Crippen LogP contribution is 2.30. The van der Waals surface area contributed by atoms with E-state index in [1.807, 2.05) is 13.8 Å². The summed E-state index contributed by atoms with van der Waals surface area (Å²) in [6, 6.07) is 9.67. The lowest BCUT2D eigenvalue weighted by Gasteiger charge is -2.17. The van der Waals surface area contributed by atoms with Crippen LogP contribution in [0.5, 0.6) is 11.5 Å². The molecule has 1 heterocycles. The van der Waals surface area contributed by atoms with E-state index >= 15 is 0 Å². The van der Waals surface area contributed by atoms with E-state index in [-0.39, 0.29) is 10.8 Å². The van der Waals surface area contributed by atoms with Gasteiger partial charge in [0.15, 0.2) is 0 Å². The number of nitrogens with zero attached hydrogens (tertiary/aromatic N) is 1. The number of sulfonamides is 1. The first-order valence-corrected chi connectivity index (χ1v) is 11.0. The van der Waals surface area contributed by atoms with Crippen molar-refractivity contribution in [2.75, 3.05) is 32.1 Å². The van der Waals surface area contributed by atoms with Gasteiger partial charge in [-0.25, -0.2) is 8.42 Å². The van der Waals surface area contributed by atoms with Crippen LogP contribution in [0.3, 0.4) is 0 Å². The van der Waals surface area contributed by atoms with Crippen molar-refractivity contribution < 1.29 is 22.7 Å². The summed E-state index contributed by atoms with van der Waals surface area (Å²) in [4.78, 5) is 12.9. The number of amides is 1. The van der Waals surface area contributed by atoms with E-state index in [0.717, 1.165) is 24.2 Å². The van der Waals surface area contributed by atoms with E-state index in [1.54, 1.807) is 24.3 Å². The monoisotopic (exact) mass is 418 g/mol. The minimum Gasteiger partial charge on any atom is -0.495 e. The summed E-state index contributed by atoms with van der Waals surface area (Å²) < 4.78 is 38.0. The molecule has 0 aliphatic carbocycles. The number of hydrogen-bond acceptors (Lipinski definition) is 5. The topological polar surface area (TPSA) is 84.9 Å². The highest BCUT2D eigenvalue weighted by molar-refractivity contribution is 7.89. The Bertz CT molecular complexity index is 998. The Balaban J connectivity index is 1.88. The highest BCUT2D eigenvalue weighted by Gasteiger charge is 2.28. The molecule has 7 nitrogen and oxygen atoms in total. The fourth-order valence-electron chi connectivity index (χ4n) is 3.33. The third kappa shape index (κ3) is 4.54. The maximum absolute atomic E-state index is 12.8. The molecule has 0 atom stereocenters. The first kappa shape index (κ1) is 21.1. The first-order chi connectivity index (χ1) is 13.9. The van der Waals surface area contributed by atoms with Crippen molar-refractivity contribution in [1.82, 2.24) is 4.31 Å². The van der Waals surface area contributed by atoms with E-state index in [0.29, 0.717) is 36.7 Å². The molecule has 29 heavy (non-hydrogen) atoms. The molecule has 0 unspecified atom stereocenters. The Hall–Kier alpha value is -2.58. The van der Waals surface area contributed by atoms with Crippen LogP contribution in [0.25, 0.3) is 0 Å². The Kier molecular flexibility index (Phi) is 6.44. The number of benzene rings is 2. The van der Waals surface area contributed by atoms with Crippen molar-refractivity contribution in [1.29, 1.82) is 0 Å². The lowest BCUT2D eigenvalue weighted by atomic mass is 10.1. The lowest BCUT2D eigenvalue weighted by Crippen LogP contribution is -2.28. The van der Waals surface area contributed by atoms with Crippen LogP contribution in [0.4, 0.5) is 5.69 Å². The number of carbonyl (C=O) groups excluding carboxylic acids is 1. The minimum atomic E-state index is -3.60.